The highest BCUT2D eigenvalue weighted by atomic mass is 17.2. The molecule has 10 nitrogen and oxygen atoms in total. The van der Waals surface area contributed by atoms with Crippen molar-refractivity contribution < 1.29 is 49.4 Å². The molecule has 1 aliphatic heterocycles. The molecule has 82 heavy (non-hydrogen) atoms. The first-order valence-corrected chi connectivity index (χ1v) is 29.8. The molecule has 33 rings (SSSR count). The monoisotopic (exact) mass is 1050 g/mol. The molecule has 12 aliphatic rings. The van der Waals surface area contributed by atoms with Gasteiger partial charge in [-0.3, -0.25) is 0 Å². The van der Waals surface area contributed by atoms with Crippen LogP contribution < -0.4 is 0 Å². The molecular formula is C72H30O10. The first-order chi connectivity index (χ1) is 39.3. The van der Waals surface area contributed by atoms with Crippen molar-refractivity contribution in [3.63, 3.8) is 0 Å². The van der Waals surface area contributed by atoms with E-state index in [0.717, 1.165) is 109 Å². The van der Waals surface area contributed by atoms with Crippen LogP contribution in [0.4, 0.5) is 0 Å². The molecule has 21 aromatic rings. The third-order valence-corrected chi connectivity index (χ3v) is 26.8. The molecule has 2 spiro atoms. The Morgan fingerprint density at radius 2 is 0.500 bits per heavy atom. The van der Waals surface area contributed by atoms with Gasteiger partial charge in [0.15, 0.2) is 28.0 Å². The van der Waals surface area contributed by atoms with E-state index in [-0.39, 0.29) is 0 Å². The van der Waals surface area contributed by atoms with Gasteiger partial charge in [0.1, 0.15) is 11.2 Å². The second kappa shape index (κ2) is 7.96. The second-order valence-corrected chi connectivity index (χ2v) is 32.0. The summed E-state index contributed by atoms with van der Waals surface area (Å²) in [5.74, 6) is 0. The number of aliphatic hydroxyl groups is 3. The largest absolute Gasteiger partial charge is 0.377 e. The third-order valence-electron chi connectivity index (χ3n) is 26.8. The van der Waals surface area contributed by atoms with E-state index in [9.17, 15) is 0 Å². The molecule has 1 heterocycles. The van der Waals surface area contributed by atoms with Gasteiger partial charge in [-0.15, -0.1) is 0 Å². The maximum Gasteiger partial charge on any atom is 0.205 e. The van der Waals surface area contributed by atoms with Crippen LogP contribution in [0.5, 0.6) is 0 Å². The molecule has 3 N–H and O–H groups in total. The minimum Gasteiger partial charge on any atom is -0.377 e. The lowest BCUT2D eigenvalue weighted by molar-refractivity contribution is -0.504. The molecule has 0 saturated carbocycles. The van der Waals surface area contributed by atoms with Gasteiger partial charge in [-0.2, -0.15) is 0 Å². The number of hydrogen-bond donors (Lipinski definition) is 3. The zero-order chi connectivity index (χ0) is 52.5. The fourth-order valence-electron chi connectivity index (χ4n) is 26.7. The average molecular weight is 1060 g/mol. The molecular weight excluding hydrogens is 1020 g/mol. The lowest BCUT2D eigenvalue weighted by atomic mass is 9.45. The fourth-order valence-corrected chi connectivity index (χ4v) is 26.7. The first kappa shape index (κ1) is 36.4. The van der Waals surface area contributed by atoms with Crippen LogP contribution in [0.1, 0.15) is 118 Å². The van der Waals surface area contributed by atoms with Gasteiger partial charge in [-0.05, 0) is 278 Å². The summed E-state index contributed by atoms with van der Waals surface area (Å²) in [6.45, 7) is 18.1. The van der Waals surface area contributed by atoms with Crippen LogP contribution in [0.2, 0.25) is 0 Å². The quantitative estimate of drug-likeness (QED) is 0.0487. The number of hydrogen-bond acceptors (Lipinski definition) is 10. The lowest BCUT2D eigenvalue weighted by Crippen LogP contribution is -2.79. The Morgan fingerprint density at radius 3 is 0.866 bits per heavy atom. The third kappa shape index (κ3) is 2.03. The van der Waals surface area contributed by atoms with Gasteiger partial charge in [-0.1, -0.05) is 0 Å². The Labute approximate surface area is 453 Å². The number of epoxide rings is 1. The van der Waals surface area contributed by atoms with Gasteiger partial charge in [0.2, 0.25) is 5.60 Å². The Morgan fingerprint density at radius 1 is 0.268 bits per heavy atom. The van der Waals surface area contributed by atoms with Gasteiger partial charge in [0.25, 0.3) is 0 Å². The van der Waals surface area contributed by atoms with Crippen molar-refractivity contribution in [1.82, 2.24) is 0 Å². The van der Waals surface area contributed by atoms with Crippen LogP contribution in [0, 0.1) is 0 Å². The number of rotatable bonds is 6. The summed E-state index contributed by atoms with van der Waals surface area (Å²) in [6.07, 6.45) is 0. The minimum atomic E-state index is -2.15. The molecule has 378 valence electrons. The van der Waals surface area contributed by atoms with E-state index >= 15 is 15.3 Å². The molecule has 0 unspecified atom stereocenters. The zero-order valence-corrected chi connectivity index (χ0v) is 44.7. The van der Waals surface area contributed by atoms with Gasteiger partial charge < -0.3 is 20.1 Å². The van der Waals surface area contributed by atoms with Crippen LogP contribution in [0.25, 0.3) is 215 Å². The van der Waals surface area contributed by atoms with E-state index < -0.39 is 61.6 Å². The van der Waals surface area contributed by atoms with Gasteiger partial charge in [0, 0.05) is 66.8 Å². The molecule has 0 amide bonds. The molecule has 0 radical (unpaired) electrons. The topological polar surface area (TPSA) is 129 Å². The Hall–Kier alpha value is -7.16. The molecule has 8 atom stereocenters. The van der Waals surface area contributed by atoms with Crippen molar-refractivity contribution in [1.29, 1.82) is 0 Å². The summed E-state index contributed by atoms with van der Waals surface area (Å²) in [6, 6.07) is 0. The normalized spacial score (nSPS) is 34.0. The van der Waals surface area contributed by atoms with Gasteiger partial charge in [0.05, 0.1) is 16.8 Å². The number of benzene rings is 15. The van der Waals surface area contributed by atoms with Crippen LogP contribution in [-0.2, 0) is 62.1 Å². The summed E-state index contributed by atoms with van der Waals surface area (Å²) in [5.41, 5.74) is -9.66. The minimum absolute atomic E-state index is 0.415. The van der Waals surface area contributed by atoms with Gasteiger partial charge in [-0.25, -0.2) is 29.3 Å². The average Bonchev–Trinajstić information content (AvgIpc) is 1.35. The number of ether oxygens (including phenoxy) is 1. The highest BCUT2D eigenvalue weighted by Gasteiger charge is 3.11. The van der Waals surface area contributed by atoms with E-state index in [1.54, 1.807) is 0 Å². The molecule has 0 aromatic heterocycles. The SMILES string of the molecule is CC(C)(C)OO[C@]12c3c4c5c6c7c8c9c%10c%11c%12c%13c%14c%15c%16c%17c%18c(c1c1c3c3c5c5c%19c6c9c6c9c%10c%13c%10c%13c%14c%17c%14c%17c%18c1c1c3c5c3c(c6%19)c(c9%10)c(c%13%14)c3c1%17)[C@]%16(OOC(C)(C)C)[C@@]13O[C@@]1(C(=C([C@@]74O)[C@@]23OOC(C)(C)C)[C@]8%11O)[C@]%12%15O. The Balaban J connectivity index is 1.08. The zero-order valence-electron chi connectivity index (χ0n) is 44.7. The molecule has 1 fully saturated rings. The first-order valence-electron chi connectivity index (χ1n) is 29.8. The van der Waals surface area contributed by atoms with E-state index in [2.05, 4.69) is 0 Å². The summed E-state index contributed by atoms with van der Waals surface area (Å²) in [4.78, 5) is 46.1. The maximum atomic E-state index is 16.3. The molecule has 1 saturated heterocycles. The summed E-state index contributed by atoms with van der Waals surface area (Å²) < 4.78 is 8.55. The van der Waals surface area contributed by atoms with E-state index in [0.29, 0.717) is 11.1 Å². The van der Waals surface area contributed by atoms with Crippen LogP contribution in [-0.4, -0.2) is 48.9 Å². The van der Waals surface area contributed by atoms with Crippen LogP contribution in [0.15, 0.2) is 11.1 Å². The van der Waals surface area contributed by atoms with Crippen LogP contribution in [0.3, 0.4) is 0 Å². The maximum absolute atomic E-state index is 16.3. The molecule has 21 aromatic carbocycles. The van der Waals surface area contributed by atoms with Crippen molar-refractivity contribution in [3.05, 3.63) is 66.8 Å². The Kier molecular flexibility index (Phi) is 3.54. The highest BCUT2D eigenvalue weighted by Crippen LogP contribution is 2.99. The predicted octanol–water partition coefficient (Wildman–Crippen LogP) is 14.2. The van der Waals surface area contributed by atoms with Crippen molar-refractivity contribution >= 4 is 215 Å². The van der Waals surface area contributed by atoms with Crippen molar-refractivity contribution in [2.45, 2.75) is 124 Å². The smallest absolute Gasteiger partial charge is 0.205 e. The van der Waals surface area contributed by atoms with E-state index in [4.69, 9.17) is 34.1 Å². The van der Waals surface area contributed by atoms with Crippen molar-refractivity contribution in [2.75, 3.05) is 0 Å². The van der Waals surface area contributed by atoms with Crippen molar-refractivity contribution in [3.8, 4) is 0 Å². The van der Waals surface area contributed by atoms with E-state index in [1.165, 1.54) is 162 Å². The van der Waals surface area contributed by atoms with Crippen LogP contribution >= 0.6 is 0 Å². The summed E-state index contributed by atoms with van der Waals surface area (Å²) >= 11 is 0. The predicted molar refractivity (Wildman–Crippen MR) is 311 cm³/mol. The highest BCUT2D eigenvalue weighted by molar-refractivity contribution is 6.77. The molecule has 11 aliphatic carbocycles. The van der Waals surface area contributed by atoms with Gasteiger partial charge >= 0.3 is 0 Å². The lowest BCUT2D eigenvalue weighted by Gasteiger charge is -2.63. The van der Waals surface area contributed by atoms with E-state index in [1.807, 2.05) is 62.3 Å². The van der Waals surface area contributed by atoms with Crippen molar-refractivity contribution in [2.24, 2.45) is 0 Å². The standard InChI is InChI=1S/C72H30O10/c1-62(2,3)77-80-68-56-46-36-26-17-12-10-11-13-14(12)19-28(26)38-39-29(19)27-18(13)25-24-16(11)22-20-15(10)21-23(17)33(36)43-41-31(21)30(20)40-42-32(22)34(24)44-45-35(25)37(27)47-49(39)59(58(68)48(38)46)69(81-78-63(4,5)6)57(47)55(45)67(75)54(44)52(42)65(73)50(40)51(41)66(74,53(43)56)61-60(65)70(67)72(69,76-70)71(61,68)82-79-64(7,8)9/h73-75H,1-9H3/t65-,66+,67-,68+,69-,70-,71+,72+/m0/s1. The fraction of sp³-hybridized carbons (Fsp3) is 0.278. The Bertz CT molecular complexity index is 7260. The molecule has 10 heteroatoms. The summed E-state index contributed by atoms with van der Waals surface area (Å²) in [7, 11) is 0. The molecule has 0 bridgehead atoms. The second-order valence-electron chi connectivity index (χ2n) is 32.0. The summed E-state index contributed by atoms with van der Waals surface area (Å²) in [5, 5.41) is 97.9.